The van der Waals surface area contributed by atoms with E-state index in [1.54, 1.807) is 25.3 Å². The molecule has 1 amide bonds. The molecule has 1 aliphatic carbocycles. The number of pyridine rings is 1. The summed E-state index contributed by atoms with van der Waals surface area (Å²) in [5, 5.41) is 11.7. The van der Waals surface area contributed by atoms with Gasteiger partial charge >= 0.3 is 0 Å². The molecule has 2 aromatic heterocycles. The van der Waals surface area contributed by atoms with E-state index < -0.39 is 16.6 Å². The normalized spacial score (nSPS) is 18.1. The maximum atomic E-state index is 14.5. The molecule has 3 aliphatic heterocycles. The third-order valence-electron chi connectivity index (χ3n) is 12.2. The fourth-order valence-electron chi connectivity index (χ4n) is 8.99. The number of nitro groups is 1. The Morgan fingerprint density at radius 2 is 1.90 bits per heavy atom. The van der Waals surface area contributed by atoms with Gasteiger partial charge in [-0.2, -0.15) is 0 Å². The van der Waals surface area contributed by atoms with Gasteiger partial charge in [0.15, 0.2) is 11.5 Å². The van der Waals surface area contributed by atoms with Crippen LogP contribution in [0, 0.1) is 21.3 Å². The monoisotopic (exact) mass is 808 g/mol. The molecule has 2 saturated heterocycles. The molecule has 1 spiro atoms. The van der Waals surface area contributed by atoms with Gasteiger partial charge in [-0.15, -0.1) is 0 Å². The zero-order valence-corrected chi connectivity index (χ0v) is 33.0. The van der Waals surface area contributed by atoms with Crippen LogP contribution in [0.1, 0.15) is 47.2 Å². The highest BCUT2D eigenvalue weighted by molar-refractivity contribution is 7.98. The van der Waals surface area contributed by atoms with E-state index >= 15 is 0 Å². The van der Waals surface area contributed by atoms with Crippen LogP contribution in [-0.2, 0) is 13.0 Å². The van der Waals surface area contributed by atoms with Gasteiger partial charge in [0.05, 0.1) is 35.8 Å². The summed E-state index contributed by atoms with van der Waals surface area (Å²) in [4.78, 5) is 39.5. The van der Waals surface area contributed by atoms with E-state index in [2.05, 4.69) is 41.5 Å². The number of nitrogen functional groups attached to an aromatic ring is 1. The zero-order chi connectivity index (χ0) is 40.0. The van der Waals surface area contributed by atoms with E-state index in [9.17, 15) is 19.3 Å². The van der Waals surface area contributed by atoms with Crippen molar-refractivity contribution < 1.29 is 28.3 Å². The van der Waals surface area contributed by atoms with Crippen LogP contribution in [0.2, 0.25) is 0 Å². The summed E-state index contributed by atoms with van der Waals surface area (Å²) in [6, 6.07) is 16.4. The van der Waals surface area contributed by atoms with E-state index in [0.717, 1.165) is 101 Å². The highest BCUT2D eigenvalue weighted by Crippen LogP contribution is 2.52. The smallest absolute Gasteiger partial charge is 0.293 e. The van der Waals surface area contributed by atoms with Crippen molar-refractivity contribution in [3.05, 3.63) is 99.6 Å². The van der Waals surface area contributed by atoms with Gasteiger partial charge in [-0.25, -0.2) is 9.37 Å². The Balaban J connectivity index is 0.828. The number of anilines is 2. The molecule has 3 fully saturated rings. The second-order valence-electron chi connectivity index (χ2n) is 15.7. The number of benzene rings is 3. The van der Waals surface area contributed by atoms with Gasteiger partial charge in [-0.05, 0) is 85.0 Å². The number of piperidine rings is 1. The number of aromatic nitrogens is 2. The number of nitrogens with two attached hydrogens (primary N) is 1. The molecule has 14 nitrogen and oxygen atoms in total. The van der Waals surface area contributed by atoms with Crippen LogP contribution >= 0.6 is 11.9 Å². The lowest BCUT2D eigenvalue weighted by molar-refractivity contribution is -0.384. The third kappa shape index (κ3) is 7.58. The Labute approximate surface area is 339 Å². The van der Waals surface area contributed by atoms with Gasteiger partial charge in [0, 0.05) is 92.8 Å². The fourth-order valence-corrected chi connectivity index (χ4v) is 9.62. The number of ether oxygens (including phenoxy) is 3. The first-order valence-electron chi connectivity index (χ1n) is 19.6. The Bertz CT molecular complexity index is 2370. The van der Waals surface area contributed by atoms with E-state index in [0.29, 0.717) is 22.0 Å². The molecule has 4 N–H and O–H groups in total. The number of aromatic amines is 1. The number of halogens is 1. The molecule has 0 bridgehead atoms. The van der Waals surface area contributed by atoms with Crippen LogP contribution in [-0.4, -0.2) is 89.6 Å². The molecule has 302 valence electrons. The summed E-state index contributed by atoms with van der Waals surface area (Å²) in [5.74, 6) is 1.37. The Morgan fingerprint density at radius 3 is 2.67 bits per heavy atom. The van der Waals surface area contributed by atoms with Gasteiger partial charge in [-0.3, -0.25) is 29.4 Å². The lowest BCUT2D eigenvalue weighted by atomic mass is 9.60. The maximum Gasteiger partial charge on any atom is 0.293 e. The number of hydrogen-bond donors (Lipinski definition) is 3. The average molecular weight is 809 g/mol. The molecule has 0 unspecified atom stereocenters. The minimum Gasteiger partial charge on any atom is -0.493 e. The van der Waals surface area contributed by atoms with Crippen LogP contribution in [0.3, 0.4) is 0 Å². The number of nitro benzene ring substituents is 1. The molecular formula is C42H45FN8O6S. The highest BCUT2D eigenvalue weighted by Gasteiger charge is 2.48. The number of carbonyl (C=O) groups is 1. The van der Waals surface area contributed by atoms with Gasteiger partial charge < -0.3 is 29.8 Å². The number of H-pyrrole nitrogens is 1. The number of amides is 1. The molecule has 5 aromatic rings. The number of methoxy groups -OCH3 is 1. The molecule has 58 heavy (non-hydrogen) atoms. The number of carbonyl (C=O) groups excluding carboxylic acids is 1. The van der Waals surface area contributed by atoms with E-state index in [1.165, 1.54) is 48.5 Å². The van der Waals surface area contributed by atoms with Gasteiger partial charge in [0.2, 0.25) is 0 Å². The first-order valence-corrected chi connectivity index (χ1v) is 20.4. The number of rotatable bonds is 11. The van der Waals surface area contributed by atoms with Crippen LogP contribution in [0.15, 0.2) is 71.9 Å². The zero-order valence-electron chi connectivity index (χ0n) is 32.2. The summed E-state index contributed by atoms with van der Waals surface area (Å²) in [7, 11) is 1.71. The van der Waals surface area contributed by atoms with Crippen molar-refractivity contribution in [2.24, 2.45) is 5.41 Å². The van der Waals surface area contributed by atoms with Crippen molar-refractivity contribution in [2.45, 2.75) is 49.6 Å². The molecule has 16 heteroatoms. The predicted molar refractivity (Wildman–Crippen MR) is 219 cm³/mol. The first kappa shape index (κ1) is 38.0. The minimum atomic E-state index is -0.566. The van der Waals surface area contributed by atoms with Crippen molar-refractivity contribution in [3.63, 3.8) is 0 Å². The molecule has 4 aliphatic rings. The highest BCUT2D eigenvalue weighted by atomic mass is 32.2. The Kier molecular flexibility index (Phi) is 10.2. The van der Waals surface area contributed by atoms with E-state index in [-0.39, 0.29) is 33.8 Å². The third-order valence-corrected chi connectivity index (χ3v) is 13.0. The molecule has 5 heterocycles. The van der Waals surface area contributed by atoms with Crippen LogP contribution < -0.4 is 29.6 Å². The predicted octanol–water partition coefficient (Wildman–Crippen LogP) is 6.93. The Hall–Kier alpha value is -5.58. The lowest BCUT2D eigenvalue weighted by Crippen LogP contribution is -2.59. The fraction of sp³-hybridized carbons (Fsp3) is 0.381. The number of hydrogen-bond acceptors (Lipinski definition) is 12. The van der Waals surface area contributed by atoms with Crippen molar-refractivity contribution in [1.82, 2.24) is 24.5 Å². The summed E-state index contributed by atoms with van der Waals surface area (Å²) in [5.41, 5.74) is 9.97. The molecule has 3 aromatic carbocycles. The van der Waals surface area contributed by atoms with E-state index in [1.807, 2.05) is 12.1 Å². The second-order valence-corrected chi connectivity index (χ2v) is 16.6. The standard InChI is InChI=1S/C42H45FN8O6S/c1-55-38-17-26(16-27-6-15-56-39(27)38)25-48-11-13-50(14-12-48)29-21-42(22-29)7-9-49(10-8-42)28-2-4-32(41(52)47-58-31-3-5-35(44)36(20-31)51(53)54)37(18-28)57-30-19-33-34(43)24-46-40(33)45-23-30/h2-5,16-20,23-24,29H,6-15,21-22,25,44H2,1H3,(H,45,46)(H,47,52). The SMILES string of the molecule is COc1cc(CN2CCN(C3CC4(CCN(c5ccc(C(=O)NSc6ccc(N)c([N+](=O)[O-])c6)c(Oc6cnc7[nH]cc(F)c7c6)c5)CC4)C3)CC2)cc2c1OCC2. The van der Waals surface area contributed by atoms with Crippen molar-refractivity contribution in [2.75, 3.05) is 63.6 Å². The van der Waals surface area contributed by atoms with Gasteiger partial charge in [-0.1, -0.05) is 6.07 Å². The largest absolute Gasteiger partial charge is 0.493 e. The topological polar surface area (TPSA) is 164 Å². The average Bonchev–Trinajstić information content (AvgIpc) is 3.85. The number of piperazine rings is 1. The van der Waals surface area contributed by atoms with Gasteiger partial charge in [0.25, 0.3) is 11.6 Å². The Morgan fingerprint density at radius 1 is 1.09 bits per heavy atom. The van der Waals surface area contributed by atoms with Crippen molar-refractivity contribution >= 4 is 46.0 Å². The molecule has 0 radical (unpaired) electrons. The quantitative estimate of drug-likeness (QED) is 0.0547. The minimum absolute atomic E-state index is 0.0337. The summed E-state index contributed by atoms with van der Waals surface area (Å²) >= 11 is 0.934. The number of nitrogens with zero attached hydrogens (tertiary/aromatic N) is 5. The molecule has 9 rings (SSSR count). The molecule has 1 saturated carbocycles. The van der Waals surface area contributed by atoms with Crippen molar-refractivity contribution in [1.29, 1.82) is 0 Å². The van der Waals surface area contributed by atoms with Crippen molar-refractivity contribution in [3.8, 4) is 23.0 Å². The van der Waals surface area contributed by atoms with Crippen LogP contribution in [0.5, 0.6) is 23.0 Å². The number of fused-ring (bicyclic) bond motifs is 2. The van der Waals surface area contributed by atoms with E-state index in [4.69, 9.17) is 19.9 Å². The summed E-state index contributed by atoms with van der Waals surface area (Å²) < 4.78 is 34.9. The molecular weight excluding hydrogens is 764 g/mol. The van der Waals surface area contributed by atoms with Gasteiger partial charge in [0.1, 0.15) is 28.7 Å². The first-order chi connectivity index (χ1) is 28.1. The molecule has 0 atom stereocenters. The van der Waals surface area contributed by atoms with Crippen LogP contribution in [0.25, 0.3) is 11.0 Å². The summed E-state index contributed by atoms with van der Waals surface area (Å²) in [6.07, 6.45) is 8.26. The van der Waals surface area contributed by atoms with Crippen LogP contribution in [0.4, 0.5) is 21.5 Å². The summed E-state index contributed by atoms with van der Waals surface area (Å²) in [6.45, 7) is 7.68. The number of nitrogens with one attached hydrogen (secondary N) is 2. The lowest BCUT2D eigenvalue weighted by Gasteiger charge is -2.56. The maximum absolute atomic E-state index is 14.5. The second kappa shape index (κ2) is 15.6.